The molecule has 1 saturated carbocycles. The van der Waals surface area contributed by atoms with E-state index in [-0.39, 0.29) is 26.4 Å². The highest BCUT2D eigenvalue weighted by atomic mass is 19.1. The fraction of sp³-hybridized carbons (Fsp3) is 0.244. The molecule has 0 unspecified atom stereocenters. The Kier molecular flexibility index (Phi) is 11.7. The van der Waals surface area contributed by atoms with Crippen LogP contribution >= 0.6 is 0 Å². The molecule has 0 spiro atoms. The third-order valence-corrected chi connectivity index (χ3v) is 8.32. The summed E-state index contributed by atoms with van der Waals surface area (Å²) in [4.78, 5) is 13.6. The highest BCUT2D eigenvalue weighted by Crippen LogP contribution is 2.36. The highest BCUT2D eigenvalue weighted by molar-refractivity contribution is 5.89. The Morgan fingerprint density at radius 2 is 0.708 bits per heavy atom. The standard InChI is InChI=1S/C41H39FO6/c42-35-36(44-26-30-16-6-1-7-17-30)38(46-28-32-20-10-3-11-21-32)39(47-29-33-22-12-4-13-23-33)40(48-41(43)34-24-14-5-15-25-34)37(35)45-27-31-18-8-2-9-19-31/h1-25,35-40H,26-29H2/t35-,36-,37-,38+,39-,40-/m1/s1. The molecule has 246 valence electrons. The maximum Gasteiger partial charge on any atom is 0.338 e. The van der Waals surface area contributed by atoms with Crippen molar-refractivity contribution in [2.75, 3.05) is 0 Å². The molecule has 0 heterocycles. The fourth-order valence-electron chi connectivity index (χ4n) is 5.83. The molecule has 0 radical (unpaired) electrons. The second-order valence-electron chi connectivity index (χ2n) is 11.7. The van der Waals surface area contributed by atoms with Crippen LogP contribution in [0.25, 0.3) is 0 Å². The molecule has 5 aromatic carbocycles. The van der Waals surface area contributed by atoms with Crippen LogP contribution in [0.1, 0.15) is 32.6 Å². The summed E-state index contributed by atoms with van der Waals surface area (Å²) < 4.78 is 49.2. The lowest BCUT2D eigenvalue weighted by molar-refractivity contribution is -0.260. The van der Waals surface area contributed by atoms with Gasteiger partial charge in [0.2, 0.25) is 0 Å². The normalized spacial score (nSPS) is 22.2. The van der Waals surface area contributed by atoms with Gasteiger partial charge in [-0.15, -0.1) is 0 Å². The van der Waals surface area contributed by atoms with Crippen LogP contribution < -0.4 is 0 Å². The number of halogens is 1. The molecule has 6 rings (SSSR count). The molecule has 0 N–H and O–H groups in total. The molecule has 6 nitrogen and oxygen atoms in total. The molecule has 1 fully saturated rings. The van der Waals surface area contributed by atoms with Gasteiger partial charge in [0.15, 0.2) is 12.3 Å². The van der Waals surface area contributed by atoms with Crippen molar-refractivity contribution in [1.29, 1.82) is 0 Å². The molecular formula is C41H39FO6. The van der Waals surface area contributed by atoms with Crippen molar-refractivity contribution in [3.63, 3.8) is 0 Å². The van der Waals surface area contributed by atoms with Crippen molar-refractivity contribution in [1.82, 2.24) is 0 Å². The van der Waals surface area contributed by atoms with Crippen molar-refractivity contribution in [3.8, 4) is 0 Å². The predicted molar refractivity (Wildman–Crippen MR) is 181 cm³/mol. The largest absolute Gasteiger partial charge is 0.453 e. The van der Waals surface area contributed by atoms with Crippen molar-refractivity contribution < 1.29 is 32.9 Å². The SMILES string of the molecule is O=C(O[C@H]1[C@H](OCc2ccccc2)[C@@H](OCc2ccccc2)[C@H](OCc2ccccc2)[C@@H](F)[C@H]1OCc1ccccc1)c1ccccc1. The van der Waals surface area contributed by atoms with E-state index < -0.39 is 42.7 Å². The number of carbonyl (C=O) groups is 1. The van der Waals surface area contributed by atoms with E-state index in [1.807, 2.05) is 127 Å². The van der Waals surface area contributed by atoms with Crippen molar-refractivity contribution in [2.45, 2.75) is 63.1 Å². The van der Waals surface area contributed by atoms with E-state index in [0.717, 1.165) is 22.3 Å². The number of carbonyl (C=O) groups excluding carboxylic acids is 1. The van der Waals surface area contributed by atoms with E-state index in [9.17, 15) is 4.79 Å². The minimum Gasteiger partial charge on any atom is -0.453 e. The molecule has 1 aliphatic carbocycles. The summed E-state index contributed by atoms with van der Waals surface area (Å²) >= 11 is 0. The smallest absolute Gasteiger partial charge is 0.338 e. The number of benzene rings is 5. The molecule has 0 aromatic heterocycles. The summed E-state index contributed by atoms with van der Waals surface area (Å²) in [6.07, 6.45) is -7.15. The minimum atomic E-state index is -1.73. The van der Waals surface area contributed by atoms with E-state index in [1.165, 1.54) is 0 Å². The van der Waals surface area contributed by atoms with Crippen molar-refractivity contribution >= 4 is 5.97 Å². The third-order valence-electron chi connectivity index (χ3n) is 8.32. The van der Waals surface area contributed by atoms with Crippen LogP contribution in [-0.4, -0.2) is 42.7 Å². The first-order chi connectivity index (χ1) is 23.7. The fourth-order valence-corrected chi connectivity index (χ4v) is 5.83. The number of ether oxygens (including phenoxy) is 5. The van der Waals surface area contributed by atoms with Gasteiger partial charge in [0, 0.05) is 0 Å². The number of rotatable bonds is 14. The van der Waals surface area contributed by atoms with Crippen LogP contribution in [0.2, 0.25) is 0 Å². The molecule has 0 aliphatic heterocycles. The van der Waals surface area contributed by atoms with E-state index >= 15 is 4.39 Å². The van der Waals surface area contributed by atoms with Gasteiger partial charge in [0.05, 0.1) is 32.0 Å². The summed E-state index contributed by atoms with van der Waals surface area (Å²) in [7, 11) is 0. The Labute approximate surface area is 281 Å². The van der Waals surface area contributed by atoms with Crippen LogP contribution in [0.3, 0.4) is 0 Å². The Balaban J connectivity index is 1.37. The maximum absolute atomic E-state index is 17.2. The molecule has 1 aliphatic rings. The summed E-state index contributed by atoms with van der Waals surface area (Å²) in [5.41, 5.74) is 3.87. The van der Waals surface area contributed by atoms with Gasteiger partial charge >= 0.3 is 5.97 Å². The zero-order valence-electron chi connectivity index (χ0n) is 26.6. The summed E-state index contributed by atoms with van der Waals surface area (Å²) in [5, 5.41) is 0. The number of esters is 1. The number of hydrogen-bond acceptors (Lipinski definition) is 6. The first-order valence-electron chi connectivity index (χ1n) is 16.2. The molecule has 0 amide bonds. The predicted octanol–water partition coefficient (Wildman–Crippen LogP) is 7.91. The average molecular weight is 647 g/mol. The quantitative estimate of drug-likeness (QED) is 0.114. The third kappa shape index (κ3) is 8.82. The van der Waals surface area contributed by atoms with Gasteiger partial charge in [-0.1, -0.05) is 140 Å². The Morgan fingerprint density at radius 3 is 1.08 bits per heavy atom. The molecule has 0 bridgehead atoms. The van der Waals surface area contributed by atoms with Gasteiger partial charge in [0.25, 0.3) is 0 Å². The zero-order valence-corrected chi connectivity index (χ0v) is 26.6. The molecule has 6 atom stereocenters. The van der Waals surface area contributed by atoms with Crippen LogP contribution in [-0.2, 0) is 50.1 Å². The summed E-state index contributed by atoms with van der Waals surface area (Å²) in [5.74, 6) is -0.611. The topological polar surface area (TPSA) is 63.2 Å². The Bertz CT molecular complexity index is 1660. The van der Waals surface area contributed by atoms with Gasteiger partial charge in [-0.3, -0.25) is 0 Å². The second-order valence-corrected chi connectivity index (χ2v) is 11.7. The van der Waals surface area contributed by atoms with Crippen LogP contribution in [0.5, 0.6) is 0 Å². The molecule has 48 heavy (non-hydrogen) atoms. The zero-order chi connectivity index (χ0) is 33.0. The van der Waals surface area contributed by atoms with Gasteiger partial charge in [-0.25, -0.2) is 9.18 Å². The van der Waals surface area contributed by atoms with E-state index in [1.54, 1.807) is 24.3 Å². The molecule has 5 aromatic rings. The molecular weight excluding hydrogens is 607 g/mol. The van der Waals surface area contributed by atoms with Gasteiger partial charge in [-0.05, 0) is 34.4 Å². The van der Waals surface area contributed by atoms with Gasteiger partial charge < -0.3 is 23.7 Å². The van der Waals surface area contributed by atoms with Crippen LogP contribution in [0.4, 0.5) is 4.39 Å². The van der Waals surface area contributed by atoms with Gasteiger partial charge in [0.1, 0.15) is 24.4 Å². The summed E-state index contributed by atoms with van der Waals surface area (Å²) in [6, 6.07) is 47.0. The second kappa shape index (κ2) is 16.9. The minimum absolute atomic E-state index is 0.0949. The Hall–Kier alpha value is -4.66. The summed E-state index contributed by atoms with van der Waals surface area (Å²) in [6.45, 7) is 0.577. The van der Waals surface area contributed by atoms with Crippen molar-refractivity contribution in [2.24, 2.45) is 0 Å². The van der Waals surface area contributed by atoms with Gasteiger partial charge in [-0.2, -0.15) is 0 Å². The lowest BCUT2D eigenvalue weighted by Crippen LogP contribution is -2.66. The molecule has 7 heteroatoms. The number of alkyl halides is 1. The van der Waals surface area contributed by atoms with E-state index in [0.29, 0.717) is 5.56 Å². The molecule has 0 saturated heterocycles. The first-order valence-corrected chi connectivity index (χ1v) is 16.2. The van der Waals surface area contributed by atoms with E-state index in [2.05, 4.69) is 0 Å². The lowest BCUT2D eigenvalue weighted by atomic mass is 9.84. The Morgan fingerprint density at radius 1 is 0.417 bits per heavy atom. The van der Waals surface area contributed by atoms with Crippen molar-refractivity contribution in [3.05, 3.63) is 179 Å². The van der Waals surface area contributed by atoms with E-state index in [4.69, 9.17) is 23.7 Å². The maximum atomic E-state index is 17.2. The monoisotopic (exact) mass is 646 g/mol. The lowest BCUT2D eigenvalue weighted by Gasteiger charge is -2.47. The average Bonchev–Trinajstić information content (AvgIpc) is 3.15. The van der Waals surface area contributed by atoms with Crippen LogP contribution in [0.15, 0.2) is 152 Å². The van der Waals surface area contributed by atoms with Crippen LogP contribution in [0, 0.1) is 0 Å². The first kappa shape index (κ1) is 33.2. The highest BCUT2D eigenvalue weighted by Gasteiger charge is 2.56. The number of hydrogen-bond donors (Lipinski definition) is 0.